The van der Waals surface area contributed by atoms with Crippen LogP contribution in [0.1, 0.15) is 57.5 Å². The molecular formula is C22H26N4O6. The van der Waals surface area contributed by atoms with Crippen molar-refractivity contribution < 1.29 is 19.4 Å². The third-order valence-electron chi connectivity index (χ3n) is 5.01. The molecule has 10 heteroatoms. The summed E-state index contributed by atoms with van der Waals surface area (Å²) in [5.41, 5.74) is 1.33. The number of nitro groups is 2. The fourth-order valence-corrected chi connectivity index (χ4v) is 3.11. The van der Waals surface area contributed by atoms with Crippen LogP contribution in [0.5, 0.6) is 0 Å². The van der Waals surface area contributed by atoms with Gasteiger partial charge in [-0.1, -0.05) is 25.0 Å². The molecule has 0 aromatic heterocycles. The van der Waals surface area contributed by atoms with E-state index >= 15 is 0 Å². The first-order valence-corrected chi connectivity index (χ1v) is 10.3. The van der Waals surface area contributed by atoms with E-state index in [1.807, 2.05) is 0 Å². The Bertz CT molecular complexity index is 940. The summed E-state index contributed by atoms with van der Waals surface area (Å²) in [5.74, 6) is -0.708. The van der Waals surface area contributed by atoms with Crippen molar-refractivity contribution in [3.63, 3.8) is 0 Å². The zero-order chi connectivity index (χ0) is 23.7. The van der Waals surface area contributed by atoms with E-state index in [4.69, 9.17) is 0 Å². The second-order valence-corrected chi connectivity index (χ2v) is 7.44. The molecule has 2 amide bonds. The number of nitrogens with one attached hydrogen (secondary N) is 2. The molecule has 0 aliphatic carbocycles. The zero-order valence-electron chi connectivity index (χ0n) is 18.1. The normalized spacial score (nSPS) is 10.4. The van der Waals surface area contributed by atoms with E-state index in [1.165, 1.54) is 12.1 Å². The molecule has 2 aromatic carbocycles. The smallest absolute Gasteiger partial charge is 0.273 e. The van der Waals surface area contributed by atoms with Gasteiger partial charge in [0.2, 0.25) is 0 Å². The van der Waals surface area contributed by atoms with E-state index in [-0.39, 0.29) is 34.3 Å². The molecule has 170 valence electrons. The van der Waals surface area contributed by atoms with Gasteiger partial charge in [-0.2, -0.15) is 0 Å². The highest BCUT2D eigenvalue weighted by molar-refractivity contribution is 5.95. The zero-order valence-corrected chi connectivity index (χ0v) is 18.1. The van der Waals surface area contributed by atoms with Crippen molar-refractivity contribution in [2.45, 2.75) is 39.5 Å². The van der Waals surface area contributed by atoms with Gasteiger partial charge in [-0.15, -0.1) is 0 Å². The molecule has 0 aliphatic heterocycles. The summed E-state index contributed by atoms with van der Waals surface area (Å²) in [7, 11) is 0. The highest BCUT2D eigenvalue weighted by Crippen LogP contribution is 2.20. The lowest BCUT2D eigenvalue weighted by Gasteiger charge is -2.07. The van der Waals surface area contributed by atoms with Crippen LogP contribution < -0.4 is 10.6 Å². The number of carbonyl (C=O) groups excluding carboxylic acids is 2. The molecular weight excluding hydrogens is 416 g/mol. The van der Waals surface area contributed by atoms with Crippen LogP contribution in [0.15, 0.2) is 36.4 Å². The minimum atomic E-state index is -0.509. The number of carbonyl (C=O) groups is 2. The summed E-state index contributed by atoms with van der Waals surface area (Å²) >= 11 is 0. The van der Waals surface area contributed by atoms with Crippen LogP contribution in [-0.4, -0.2) is 34.8 Å². The van der Waals surface area contributed by atoms with E-state index in [0.717, 1.165) is 25.7 Å². The van der Waals surface area contributed by atoms with Gasteiger partial charge in [0.15, 0.2) is 0 Å². The number of rotatable bonds is 11. The molecule has 0 atom stereocenters. The van der Waals surface area contributed by atoms with Gasteiger partial charge >= 0.3 is 0 Å². The fourth-order valence-electron chi connectivity index (χ4n) is 3.11. The van der Waals surface area contributed by atoms with Crippen molar-refractivity contribution in [3.8, 4) is 0 Å². The van der Waals surface area contributed by atoms with Gasteiger partial charge in [-0.05, 0) is 38.8 Å². The Balaban J connectivity index is 1.65. The molecule has 0 heterocycles. The number of nitrogens with zero attached hydrogens (tertiary/aromatic N) is 2. The summed E-state index contributed by atoms with van der Waals surface area (Å²) in [6.45, 7) is 4.12. The molecule has 2 aromatic rings. The van der Waals surface area contributed by atoms with Crippen molar-refractivity contribution >= 4 is 23.2 Å². The Kier molecular flexibility index (Phi) is 8.82. The molecule has 0 spiro atoms. The molecule has 0 unspecified atom stereocenters. The molecule has 0 radical (unpaired) electrons. The topological polar surface area (TPSA) is 144 Å². The number of amides is 2. The highest BCUT2D eigenvalue weighted by Gasteiger charge is 2.15. The van der Waals surface area contributed by atoms with E-state index in [0.29, 0.717) is 24.2 Å². The Morgan fingerprint density at radius 1 is 0.719 bits per heavy atom. The second kappa shape index (κ2) is 11.5. The predicted molar refractivity (Wildman–Crippen MR) is 119 cm³/mol. The van der Waals surface area contributed by atoms with Crippen LogP contribution >= 0.6 is 0 Å². The van der Waals surface area contributed by atoms with Gasteiger partial charge < -0.3 is 10.6 Å². The minimum Gasteiger partial charge on any atom is -0.352 e. The molecule has 2 N–H and O–H groups in total. The number of benzene rings is 2. The molecule has 32 heavy (non-hydrogen) atoms. The maximum Gasteiger partial charge on any atom is 0.273 e. The molecule has 0 bridgehead atoms. The van der Waals surface area contributed by atoms with E-state index in [1.54, 1.807) is 38.1 Å². The standard InChI is InChI=1S/C22H26N4O6/c1-15-7-9-17(13-19(15)25(29)30)21(27)23-11-5-3-4-6-12-24-22(28)18-10-8-16(2)20(14-18)26(31)32/h7-10,13-14H,3-6,11-12H2,1-2H3,(H,23,27)(H,24,28). The maximum absolute atomic E-state index is 12.1. The lowest BCUT2D eigenvalue weighted by Crippen LogP contribution is -2.25. The van der Waals surface area contributed by atoms with Crippen LogP contribution in [0, 0.1) is 34.1 Å². The van der Waals surface area contributed by atoms with Crippen molar-refractivity contribution in [2.24, 2.45) is 0 Å². The van der Waals surface area contributed by atoms with Crippen molar-refractivity contribution in [2.75, 3.05) is 13.1 Å². The summed E-state index contributed by atoms with van der Waals surface area (Å²) < 4.78 is 0. The molecule has 0 saturated heterocycles. The molecule has 0 fully saturated rings. The monoisotopic (exact) mass is 442 g/mol. The number of hydrogen-bond acceptors (Lipinski definition) is 6. The Morgan fingerprint density at radius 3 is 1.44 bits per heavy atom. The SMILES string of the molecule is Cc1ccc(C(=O)NCCCCCCNC(=O)c2ccc(C)c([N+](=O)[O-])c2)cc1[N+](=O)[O-]. The van der Waals surface area contributed by atoms with Crippen LogP contribution in [0.3, 0.4) is 0 Å². The fraction of sp³-hybridized carbons (Fsp3) is 0.364. The van der Waals surface area contributed by atoms with Crippen molar-refractivity contribution in [1.82, 2.24) is 10.6 Å². The number of nitro benzene ring substituents is 2. The predicted octanol–water partition coefficient (Wildman–Crippen LogP) is 3.84. The molecule has 0 saturated carbocycles. The summed E-state index contributed by atoms with van der Waals surface area (Å²) in [4.78, 5) is 45.2. The lowest BCUT2D eigenvalue weighted by atomic mass is 10.1. The third-order valence-corrected chi connectivity index (χ3v) is 5.01. The van der Waals surface area contributed by atoms with Crippen LogP contribution in [0.2, 0.25) is 0 Å². The van der Waals surface area contributed by atoms with E-state index < -0.39 is 9.85 Å². The average molecular weight is 442 g/mol. The van der Waals surface area contributed by atoms with Crippen LogP contribution in [0.4, 0.5) is 11.4 Å². The number of unbranched alkanes of at least 4 members (excludes halogenated alkanes) is 3. The Morgan fingerprint density at radius 2 is 1.09 bits per heavy atom. The van der Waals surface area contributed by atoms with Crippen molar-refractivity contribution in [1.29, 1.82) is 0 Å². The Labute approximate surface area is 185 Å². The maximum atomic E-state index is 12.1. The first-order valence-electron chi connectivity index (χ1n) is 10.3. The second-order valence-electron chi connectivity index (χ2n) is 7.44. The van der Waals surface area contributed by atoms with Gasteiger partial charge in [0.25, 0.3) is 23.2 Å². The van der Waals surface area contributed by atoms with Crippen LogP contribution in [-0.2, 0) is 0 Å². The summed E-state index contributed by atoms with van der Waals surface area (Å²) in [5, 5.41) is 27.5. The first-order chi connectivity index (χ1) is 15.2. The molecule has 2 rings (SSSR count). The summed E-state index contributed by atoms with van der Waals surface area (Å²) in [6, 6.07) is 8.77. The van der Waals surface area contributed by atoms with Crippen LogP contribution in [0.25, 0.3) is 0 Å². The van der Waals surface area contributed by atoms with Crippen molar-refractivity contribution in [3.05, 3.63) is 78.9 Å². The highest BCUT2D eigenvalue weighted by atomic mass is 16.6. The molecule has 0 aliphatic rings. The first kappa shape index (κ1) is 24.4. The Hall–Kier alpha value is -3.82. The average Bonchev–Trinajstić information content (AvgIpc) is 2.75. The van der Waals surface area contributed by atoms with E-state index in [2.05, 4.69) is 10.6 Å². The molecule has 10 nitrogen and oxygen atoms in total. The lowest BCUT2D eigenvalue weighted by molar-refractivity contribution is -0.385. The largest absolute Gasteiger partial charge is 0.352 e. The minimum absolute atomic E-state index is 0.0834. The quantitative estimate of drug-likeness (QED) is 0.307. The van der Waals surface area contributed by atoms with Gasteiger partial charge in [0.1, 0.15) is 0 Å². The number of aryl methyl sites for hydroxylation is 2. The van der Waals surface area contributed by atoms with E-state index in [9.17, 15) is 29.8 Å². The third kappa shape index (κ3) is 6.86. The van der Waals surface area contributed by atoms with Gasteiger partial charge in [-0.25, -0.2) is 0 Å². The van der Waals surface area contributed by atoms with Gasteiger partial charge in [0.05, 0.1) is 9.85 Å². The number of hydrogen-bond donors (Lipinski definition) is 2. The van der Waals surface area contributed by atoms with Gasteiger partial charge in [-0.3, -0.25) is 29.8 Å². The van der Waals surface area contributed by atoms with Gasteiger partial charge in [0, 0.05) is 47.5 Å². The summed E-state index contributed by atoms with van der Waals surface area (Å²) in [6.07, 6.45) is 3.13.